The first kappa shape index (κ1) is 40.1. The first-order chi connectivity index (χ1) is 27.3. The number of amidine groups is 2. The predicted octanol–water partition coefficient (Wildman–Crippen LogP) is 8.25. The molecule has 2 N–H and O–H groups in total. The molecule has 0 saturated heterocycles. The summed E-state index contributed by atoms with van der Waals surface area (Å²) in [4.78, 5) is 21.8. The van der Waals surface area contributed by atoms with Gasteiger partial charge in [-0.15, -0.1) is 35.0 Å². The third kappa shape index (κ3) is 7.77. The fourth-order valence-electron chi connectivity index (χ4n) is 6.21. The molecule has 0 radical (unpaired) electrons. The number of anilines is 4. The molecule has 2 heterocycles. The van der Waals surface area contributed by atoms with Crippen molar-refractivity contribution in [1.82, 2.24) is 10.9 Å². The lowest BCUT2D eigenvalue weighted by Crippen LogP contribution is -2.45. The first-order valence-corrected chi connectivity index (χ1v) is 17.2. The van der Waals surface area contributed by atoms with Gasteiger partial charge in [-0.2, -0.15) is 20.5 Å². The normalized spacial score (nSPS) is 13.0. The lowest BCUT2D eigenvalue weighted by molar-refractivity contribution is -0.385. The Kier molecular flexibility index (Phi) is 11.8. The number of nitrogens with zero attached hydrogens (tertiary/aromatic N) is 8. The maximum Gasteiger partial charge on any atom is 0.269 e. The topological polar surface area (TPSA) is 166 Å². The van der Waals surface area contributed by atoms with Crippen LogP contribution in [0.15, 0.2) is 156 Å². The van der Waals surface area contributed by atoms with Gasteiger partial charge in [0, 0.05) is 35.4 Å². The summed E-state index contributed by atoms with van der Waals surface area (Å²) in [6.07, 6.45) is 0. The molecule has 6 aromatic carbocycles. The van der Waals surface area contributed by atoms with Crippen LogP contribution in [-0.2, 0) is 0 Å². The van der Waals surface area contributed by atoms with Crippen molar-refractivity contribution in [1.29, 1.82) is 0 Å². The van der Waals surface area contributed by atoms with Gasteiger partial charge in [0.1, 0.15) is 22.9 Å². The molecule has 294 valence electrons. The minimum Gasteiger partial charge on any atom is -0.494 e. The Hall–Kier alpha value is -7.56. The average Bonchev–Trinajstić information content (AvgIpc) is 3.90. The lowest BCUT2D eigenvalue weighted by atomic mass is 10.0. The van der Waals surface area contributed by atoms with Crippen LogP contribution in [0.25, 0.3) is 11.1 Å². The molecule has 6 aromatic rings. The standard InChI is InChI=1S/C40H32N10O6.2ClH/c1-55-37-25-29(13-23-35(37)47-43-39(27-9-5-3-6-10-27)41-45(47)31-15-19-33(20-16-31)49(51)52)30-14-24-36(38(26-30)56-2)48-44-40(28-11-7-4-8-12-28)42-46(48)32-17-21-34(22-18-32)50(53)54;;/h3-26H,1-2H3,(H,41,43)(H,42,44);2*1H. The SMILES string of the molecule is COc1cc(-c2ccc(N3NC(c4ccccc4)=NN3c3ccc([N+](=O)[O-])cc3)c(OC)c2)ccc1N1NC(c2ccccc2)=NN1c1ccc([N+](=O)[O-])cc1.Cl.Cl. The van der Waals surface area contributed by atoms with E-state index in [9.17, 15) is 20.2 Å². The van der Waals surface area contributed by atoms with E-state index in [1.54, 1.807) is 59.0 Å². The number of hydrazine groups is 4. The van der Waals surface area contributed by atoms with Gasteiger partial charge in [0.15, 0.2) is 11.7 Å². The fraction of sp³-hybridized carbons (Fsp3) is 0.0500. The van der Waals surface area contributed by atoms with E-state index >= 15 is 0 Å². The summed E-state index contributed by atoms with van der Waals surface area (Å²) < 4.78 is 11.9. The van der Waals surface area contributed by atoms with Crippen LogP contribution in [0.3, 0.4) is 0 Å². The van der Waals surface area contributed by atoms with Gasteiger partial charge >= 0.3 is 0 Å². The van der Waals surface area contributed by atoms with Gasteiger partial charge in [0.05, 0.1) is 35.4 Å². The van der Waals surface area contributed by atoms with Crippen LogP contribution in [0.2, 0.25) is 0 Å². The van der Waals surface area contributed by atoms with E-state index in [0.29, 0.717) is 45.9 Å². The minimum absolute atomic E-state index is 0. The number of hydrazone groups is 2. The number of halogens is 2. The summed E-state index contributed by atoms with van der Waals surface area (Å²) in [5.74, 6) is 2.16. The van der Waals surface area contributed by atoms with Gasteiger partial charge in [-0.05, 0) is 59.7 Å². The van der Waals surface area contributed by atoms with Gasteiger partial charge in [0.25, 0.3) is 11.4 Å². The van der Waals surface area contributed by atoms with Crippen molar-refractivity contribution in [2.45, 2.75) is 0 Å². The van der Waals surface area contributed by atoms with Crippen LogP contribution in [0.4, 0.5) is 34.1 Å². The Morgan fingerprint density at radius 1 is 0.500 bits per heavy atom. The smallest absolute Gasteiger partial charge is 0.269 e. The first-order valence-electron chi connectivity index (χ1n) is 17.2. The second kappa shape index (κ2) is 17.1. The van der Waals surface area contributed by atoms with Crippen LogP contribution in [-0.4, -0.2) is 35.7 Å². The number of nitro groups is 2. The molecule has 16 nitrogen and oxygen atoms in total. The number of benzene rings is 6. The Bertz CT molecular complexity index is 2320. The highest BCUT2D eigenvalue weighted by Crippen LogP contribution is 2.40. The average molecular weight is 822 g/mol. The Morgan fingerprint density at radius 2 is 0.862 bits per heavy atom. The minimum atomic E-state index is -0.446. The lowest BCUT2D eigenvalue weighted by Gasteiger charge is -2.29. The fourth-order valence-corrected chi connectivity index (χ4v) is 6.21. The number of nitrogens with one attached hydrogen (secondary N) is 2. The summed E-state index contributed by atoms with van der Waals surface area (Å²) in [5.41, 5.74) is 12.4. The van der Waals surface area contributed by atoms with Crippen LogP contribution >= 0.6 is 24.8 Å². The molecular formula is C40H34Cl2N10O6. The molecule has 0 fully saturated rings. The van der Waals surface area contributed by atoms with Crippen molar-refractivity contribution < 1.29 is 19.3 Å². The van der Waals surface area contributed by atoms with E-state index < -0.39 is 9.85 Å². The molecule has 8 rings (SSSR count). The molecule has 0 amide bonds. The number of nitro benzene ring substituents is 2. The molecule has 0 aliphatic carbocycles. The van der Waals surface area contributed by atoms with E-state index in [-0.39, 0.29) is 36.2 Å². The van der Waals surface area contributed by atoms with Crippen molar-refractivity contribution in [3.63, 3.8) is 0 Å². The predicted molar refractivity (Wildman–Crippen MR) is 228 cm³/mol. The highest BCUT2D eigenvalue weighted by Gasteiger charge is 2.31. The number of ether oxygens (including phenoxy) is 2. The third-order valence-electron chi connectivity index (χ3n) is 9.02. The number of hydrogen-bond donors (Lipinski definition) is 2. The summed E-state index contributed by atoms with van der Waals surface area (Å²) in [6, 6.07) is 42.9. The summed E-state index contributed by atoms with van der Waals surface area (Å²) in [6.45, 7) is 0. The van der Waals surface area contributed by atoms with Crippen molar-refractivity contribution in [3.05, 3.63) is 177 Å². The summed E-state index contributed by atoms with van der Waals surface area (Å²) in [7, 11) is 3.15. The zero-order valence-electron chi connectivity index (χ0n) is 30.7. The van der Waals surface area contributed by atoms with E-state index in [2.05, 4.69) is 10.9 Å². The van der Waals surface area contributed by atoms with Gasteiger partial charge in [-0.3, -0.25) is 31.1 Å². The summed E-state index contributed by atoms with van der Waals surface area (Å²) in [5, 5.41) is 39.0. The van der Waals surface area contributed by atoms with Crippen molar-refractivity contribution in [3.8, 4) is 22.6 Å². The Labute approximate surface area is 344 Å². The number of hydrogen-bond acceptors (Lipinski definition) is 14. The van der Waals surface area contributed by atoms with E-state index in [0.717, 1.165) is 22.3 Å². The molecule has 0 saturated carbocycles. The van der Waals surface area contributed by atoms with Crippen LogP contribution < -0.4 is 40.8 Å². The van der Waals surface area contributed by atoms with Gasteiger partial charge < -0.3 is 9.47 Å². The van der Waals surface area contributed by atoms with E-state index in [1.165, 1.54) is 24.3 Å². The second-order valence-electron chi connectivity index (χ2n) is 12.4. The third-order valence-corrected chi connectivity index (χ3v) is 9.02. The van der Waals surface area contributed by atoms with Gasteiger partial charge in [0.2, 0.25) is 0 Å². The maximum atomic E-state index is 11.4. The van der Waals surface area contributed by atoms with Gasteiger partial charge in [-0.25, -0.2) is 0 Å². The molecule has 2 aliphatic rings. The molecule has 18 heteroatoms. The Balaban J connectivity index is 0.00000283. The van der Waals surface area contributed by atoms with Crippen molar-refractivity contribution >= 4 is 70.6 Å². The molecule has 0 spiro atoms. The monoisotopic (exact) mass is 820 g/mol. The number of methoxy groups -OCH3 is 2. The molecule has 2 aliphatic heterocycles. The zero-order valence-corrected chi connectivity index (χ0v) is 32.3. The van der Waals surface area contributed by atoms with Crippen LogP contribution in [0.1, 0.15) is 11.1 Å². The quantitative estimate of drug-likeness (QED) is 0.0951. The number of non-ortho nitro benzene ring substituents is 2. The number of rotatable bonds is 11. The molecular weight excluding hydrogens is 787 g/mol. The zero-order chi connectivity index (χ0) is 38.8. The molecule has 0 bridgehead atoms. The highest BCUT2D eigenvalue weighted by atomic mass is 35.5. The van der Waals surface area contributed by atoms with Crippen LogP contribution in [0.5, 0.6) is 11.5 Å². The molecule has 0 atom stereocenters. The van der Waals surface area contributed by atoms with Crippen molar-refractivity contribution in [2.75, 3.05) is 34.7 Å². The van der Waals surface area contributed by atoms with Gasteiger partial charge in [-0.1, -0.05) is 72.8 Å². The Morgan fingerprint density at radius 3 is 1.19 bits per heavy atom. The molecule has 0 unspecified atom stereocenters. The highest BCUT2D eigenvalue weighted by molar-refractivity contribution is 6.03. The summed E-state index contributed by atoms with van der Waals surface area (Å²) >= 11 is 0. The van der Waals surface area contributed by atoms with E-state index in [1.807, 2.05) is 97.1 Å². The largest absolute Gasteiger partial charge is 0.494 e. The van der Waals surface area contributed by atoms with E-state index in [4.69, 9.17) is 19.7 Å². The van der Waals surface area contributed by atoms with Crippen LogP contribution in [0, 0.1) is 20.2 Å². The molecule has 58 heavy (non-hydrogen) atoms. The maximum absolute atomic E-state index is 11.4. The molecule has 0 aromatic heterocycles. The van der Waals surface area contributed by atoms with Crippen molar-refractivity contribution in [2.24, 2.45) is 10.2 Å². The second-order valence-corrected chi connectivity index (χ2v) is 12.4.